The summed E-state index contributed by atoms with van der Waals surface area (Å²) in [7, 11) is 0. The molecule has 3 aromatic rings. The molecule has 0 saturated heterocycles. The first kappa shape index (κ1) is 15.3. The van der Waals surface area contributed by atoms with E-state index in [9.17, 15) is 4.79 Å². The molecule has 0 unspecified atom stereocenters. The second kappa shape index (κ2) is 6.65. The van der Waals surface area contributed by atoms with Crippen molar-refractivity contribution in [3.63, 3.8) is 0 Å². The standard InChI is InChI=1S/C19H20N2O2/c1-3-21(11-8-15-6-9-20-10-7-15)19(22)18-13-16-5-4-14(2)12-17(16)23-18/h4-7,9-10,12-13H,3,8,11H2,1-2H3. The second-order valence-electron chi connectivity index (χ2n) is 5.64. The highest BCUT2D eigenvalue weighted by atomic mass is 16.3. The van der Waals surface area contributed by atoms with Crippen molar-refractivity contribution < 1.29 is 9.21 Å². The molecule has 0 spiro atoms. The summed E-state index contributed by atoms with van der Waals surface area (Å²) in [6.45, 7) is 5.31. The Bertz CT molecular complexity index is 809. The number of hydrogen-bond donors (Lipinski definition) is 0. The fraction of sp³-hybridized carbons (Fsp3) is 0.263. The van der Waals surface area contributed by atoms with Gasteiger partial charge in [0.2, 0.25) is 0 Å². The van der Waals surface area contributed by atoms with Gasteiger partial charge in [-0.3, -0.25) is 9.78 Å². The average Bonchev–Trinajstić information content (AvgIpc) is 2.99. The number of aryl methyl sites for hydroxylation is 1. The third kappa shape index (κ3) is 3.42. The summed E-state index contributed by atoms with van der Waals surface area (Å²) in [6, 6.07) is 11.7. The van der Waals surface area contributed by atoms with Gasteiger partial charge in [-0.05, 0) is 55.7 Å². The van der Waals surface area contributed by atoms with Gasteiger partial charge in [0.25, 0.3) is 5.91 Å². The van der Waals surface area contributed by atoms with Gasteiger partial charge in [0.1, 0.15) is 5.58 Å². The van der Waals surface area contributed by atoms with Crippen molar-refractivity contribution in [2.24, 2.45) is 0 Å². The van der Waals surface area contributed by atoms with E-state index in [1.807, 2.05) is 55.1 Å². The normalized spacial score (nSPS) is 10.9. The second-order valence-corrected chi connectivity index (χ2v) is 5.64. The van der Waals surface area contributed by atoms with Crippen LogP contribution in [-0.4, -0.2) is 28.9 Å². The van der Waals surface area contributed by atoms with Crippen molar-refractivity contribution >= 4 is 16.9 Å². The highest BCUT2D eigenvalue weighted by Crippen LogP contribution is 2.21. The molecule has 0 aliphatic heterocycles. The molecule has 118 valence electrons. The lowest BCUT2D eigenvalue weighted by Crippen LogP contribution is -2.32. The molecule has 23 heavy (non-hydrogen) atoms. The van der Waals surface area contributed by atoms with Crippen molar-refractivity contribution in [2.45, 2.75) is 20.3 Å². The SMILES string of the molecule is CCN(CCc1ccncc1)C(=O)c1cc2ccc(C)cc2o1. The van der Waals surface area contributed by atoms with Gasteiger partial charge in [-0.25, -0.2) is 0 Å². The molecule has 1 aromatic carbocycles. The third-order valence-corrected chi connectivity index (χ3v) is 3.98. The number of nitrogens with zero attached hydrogens (tertiary/aromatic N) is 2. The number of carbonyl (C=O) groups excluding carboxylic acids is 1. The number of amides is 1. The van der Waals surface area contributed by atoms with Gasteiger partial charge in [0.05, 0.1) is 0 Å². The average molecular weight is 308 g/mol. The Hall–Kier alpha value is -2.62. The van der Waals surface area contributed by atoms with Crippen molar-refractivity contribution in [2.75, 3.05) is 13.1 Å². The smallest absolute Gasteiger partial charge is 0.289 e. The first-order chi connectivity index (χ1) is 11.2. The van der Waals surface area contributed by atoms with Gasteiger partial charge in [-0.1, -0.05) is 12.1 Å². The maximum Gasteiger partial charge on any atom is 0.289 e. The van der Waals surface area contributed by atoms with Crippen LogP contribution in [-0.2, 0) is 6.42 Å². The fourth-order valence-electron chi connectivity index (χ4n) is 2.62. The molecule has 1 amide bonds. The zero-order valence-corrected chi connectivity index (χ0v) is 13.5. The van der Waals surface area contributed by atoms with E-state index in [1.165, 1.54) is 5.56 Å². The number of hydrogen-bond acceptors (Lipinski definition) is 3. The predicted molar refractivity (Wildman–Crippen MR) is 90.5 cm³/mol. The molecular formula is C19H20N2O2. The van der Waals surface area contributed by atoms with E-state index in [0.29, 0.717) is 18.8 Å². The lowest BCUT2D eigenvalue weighted by molar-refractivity contribution is 0.0736. The summed E-state index contributed by atoms with van der Waals surface area (Å²) in [4.78, 5) is 18.5. The van der Waals surface area contributed by atoms with Gasteiger partial charge in [-0.2, -0.15) is 0 Å². The van der Waals surface area contributed by atoms with E-state index in [2.05, 4.69) is 4.98 Å². The number of likely N-dealkylation sites (N-methyl/N-ethyl adjacent to an activating group) is 1. The molecule has 2 aromatic heterocycles. The Morgan fingerprint density at radius 1 is 1.17 bits per heavy atom. The van der Waals surface area contributed by atoms with E-state index >= 15 is 0 Å². The highest BCUT2D eigenvalue weighted by molar-refractivity contribution is 5.96. The first-order valence-corrected chi connectivity index (χ1v) is 7.85. The molecule has 0 fully saturated rings. The number of pyridine rings is 1. The maximum atomic E-state index is 12.7. The molecule has 0 radical (unpaired) electrons. The number of carbonyl (C=O) groups is 1. The molecule has 4 nitrogen and oxygen atoms in total. The fourth-order valence-corrected chi connectivity index (χ4v) is 2.62. The summed E-state index contributed by atoms with van der Waals surface area (Å²) in [6.07, 6.45) is 4.35. The van der Waals surface area contributed by atoms with E-state index in [-0.39, 0.29) is 5.91 Å². The molecule has 3 rings (SSSR count). The molecule has 0 bridgehead atoms. The topological polar surface area (TPSA) is 46.3 Å². The van der Waals surface area contributed by atoms with Gasteiger partial charge in [0.15, 0.2) is 5.76 Å². The van der Waals surface area contributed by atoms with Crippen LogP contribution < -0.4 is 0 Å². The van der Waals surface area contributed by atoms with E-state index in [4.69, 9.17) is 4.42 Å². The zero-order valence-electron chi connectivity index (χ0n) is 13.5. The van der Waals surface area contributed by atoms with Crippen LogP contribution >= 0.6 is 0 Å². The number of fused-ring (bicyclic) bond motifs is 1. The highest BCUT2D eigenvalue weighted by Gasteiger charge is 2.18. The predicted octanol–water partition coefficient (Wildman–Crippen LogP) is 3.84. The molecule has 2 heterocycles. The zero-order chi connectivity index (χ0) is 16.2. The van der Waals surface area contributed by atoms with Gasteiger partial charge in [-0.15, -0.1) is 0 Å². The Labute approximate surface area is 135 Å². The molecular weight excluding hydrogens is 288 g/mol. The van der Waals surface area contributed by atoms with Crippen LogP contribution in [0.25, 0.3) is 11.0 Å². The molecule has 0 aliphatic carbocycles. The summed E-state index contributed by atoms with van der Waals surface area (Å²) in [5.41, 5.74) is 3.06. The monoisotopic (exact) mass is 308 g/mol. The minimum absolute atomic E-state index is 0.0598. The van der Waals surface area contributed by atoms with Gasteiger partial charge < -0.3 is 9.32 Å². The summed E-state index contributed by atoms with van der Waals surface area (Å²) in [5.74, 6) is 0.345. The Balaban J connectivity index is 1.75. The molecule has 0 aliphatic rings. The van der Waals surface area contributed by atoms with E-state index in [0.717, 1.165) is 23.0 Å². The minimum Gasteiger partial charge on any atom is -0.451 e. The molecule has 0 saturated carbocycles. The van der Waals surface area contributed by atoms with Crippen LogP contribution in [0.3, 0.4) is 0 Å². The van der Waals surface area contributed by atoms with Crippen LogP contribution in [0.1, 0.15) is 28.6 Å². The van der Waals surface area contributed by atoms with Crippen molar-refractivity contribution in [3.8, 4) is 0 Å². The third-order valence-electron chi connectivity index (χ3n) is 3.98. The van der Waals surface area contributed by atoms with E-state index < -0.39 is 0 Å². The van der Waals surface area contributed by atoms with Crippen LogP contribution in [0.5, 0.6) is 0 Å². The minimum atomic E-state index is -0.0598. The summed E-state index contributed by atoms with van der Waals surface area (Å²) < 4.78 is 5.74. The first-order valence-electron chi connectivity index (χ1n) is 7.85. The number of aromatic nitrogens is 1. The molecule has 4 heteroatoms. The number of benzene rings is 1. The van der Waals surface area contributed by atoms with Crippen molar-refractivity contribution in [1.29, 1.82) is 0 Å². The van der Waals surface area contributed by atoms with Crippen LogP contribution in [0.15, 0.2) is 53.2 Å². The van der Waals surface area contributed by atoms with Crippen LogP contribution in [0, 0.1) is 6.92 Å². The Morgan fingerprint density at radius 3 is 2.70 bits per heavy atom. The molecule has 0 N–H and O–H groups in total. The largest absolute Gasteiger partial charge is 0.451 e. The number of rotatable bonds is 5. The van der Waals surface area contributed by atoms with Crippen molar-refractivity contribution in [3.05, 3.63) is 65.7 Å². The van der Waals surface area contributed by atoms with Gasteiger partial charge >= 0.3 is 0 Å². The summed E-state index contributed by atoms with van der Waals surface area (Å²) in [5, 5.41) is 0.962. The van der Waals surface area contributed by atoms with Crippen LogP contribution in [0.2, 0.25) is 0 Å². The summed E-state index contributed by atoms with van der Waals surface area (Å²) >= 11 is 0. The number of furan rings is 1. The maximum absolute atomic E-state index is 12.7. The lowest BCUT2D eigenvalue weighted by atomic mass is 10.2. The van der Waals surface area contributed by atoms with Crippen molar-refractivity contribution in [1.82, 2.24) is 9.88 Å². The lowest BCUT2D eigenvalue weighted by Gasteiger charge is -2.19. The Morgan fingerprint density at radius 2 is 1.96 bits per heavy atom. The quantitative estimate of drug-likeness (QED) is 0.719. The van der Waals surface area contributed by atoms with Crippen LogP contribution in [0.4, 0.5) is 0 Å². The molecule has 0 atom stereocenters. The Kier molecular flexibility index (Phi) is 4.42. The van der Waals surface area contributed by atoms with E-state index in [1.54, 1.807) is 12.4 Å². The van der Waals surface area contributed by atoms with Gasteiger partial charge in [0, 0.05) is 30.9 Å².